The number of hydrogen-bond donors (Lipinski definition) is 3. The summed E-state index contributed by atoms with van der Waals surface area (Å²) in [7, 11) is -2.50. The van der Waals surface area contributed by atoms with E-state index in [4.69, 9.17) is 0 Å². The van der Waals surface area contributed by atoms with Crippen molar-refractivity contribution in [2.75, 3.05) is 23.1 Å². The lowest BCUT2D eigenvalue weighted by Crippen LogP contribution is -2.39. The van der Waals surface area contributed by atoms with Crippen LogP contribution < -0.4 is 10.6 Å². The predicted octanol–water partition coefficient (Wildman–Crippen LogP) is 3.42. The Labute approximate surface area is 173 Å². The molecule has 2 rings (SSSR count). The summed E-state index contributed by atoms with van der Waals surface area (Å²) in [6, 6.07) is 6.32. The molecule has 1 amide bonds. The first-order chi connectivity index (χ1) is 12.8. The molecule has 1 aromatic carbocycles. The number of anilines is 3. The number of aromatic nitrogens is 2. The molecule has 0 saturated heterocycles. The Morgan fingerprint density at radius 2 is 1.89 bits per heavy atom. The van der Waals surface area contributed by atoms with Crippen molar-refractivity contribution in [2.24, 2.45) is 4.36 Å². The molecule has 152 valence electrons. The van der Waals surface area contributed by atoms with E-state index in [1.807, 2.05) is 6.92 Å². The molecule has 0 radical (unpaired) electrons. The maximum atomic E-state index is 12.0. The van der Waals surface area contributed by atoms with Crippen LogP contribution in [0.4, 0.5) is 17.5 Å². The zero-order chi connectivity index (χ0) is 21.1. The van der Waals surface area contributed by atoms with Crippen LogP contribution in [0.5, 0.6) is 0 Å². The minimum atomic E-state index is -2.50. The van der Waals surface area contributed by atoms with Crippen molar-refractivity contribution in [2.45, 2.75) is 32.4 Å². The Kier molecular flexibility index (Phi) is 6.79. The average Bonchev–Trinajstić information content (AvgIpc) is 2.56. The SMILES string of the molecule is C[C@@H](Nc1nc(Nc2ccc(C(=O)N=S(C)(C)=O)cc2)ncc1Br)C(C)(C)O. The van der Waals surface area contributed by atoms with Crippen LogP contribution in [-0.2, 0) is 9.73 Å². The monoisotopic (exact) mass is 469 g/mol. The Balaban J connectivity index is 2.17. The molecule has 0 aliphatic carbocycles. The topological polar surface area (TPSA) is 117 Å². The van der Waals surface area contributed by atoms with Crippen LogP contribution in [-0.4, -0.2) is 49.3 Å². The van der Waals surface area contributed by atoms with Gasteiger partial charge in [0, 0.05) is 39.7 Å². The summed E-state index contributed by atoms with van der Waals surface area (Å²) in [5, 5.41) is 16.3. The third-order valence-corrected chi connectivity index (χ3v) is 5.03. The number of amides is 1. The molecule has 1 heterocycles. The van der Waals surface area contributed by atoms with Gasteiger partial charge in [-0.05, 0) is 61.0 Å². The van der Waals surface area contributed by atoms with E-state index in [0.29, 0.717) is 27.5 Å². The summed E-state index contributed by atoms with van der Waals surface area (Å²) >= 11 is 3.39. The van der Waals surface area contributed by atoms with Crippen molar-refractivity contribution in [3.8, 4) is 0 Å². The number of rotatable bonds is 6. The van der Waals surface area contributed by atoms with Crippen LogP contribution in [0.3, 0.4) is 0 Å². The second kappa shape index (κ2) is 8.54. The third-order valence-electron chi connectivity index (χ3n) is 3.85. The minimum Gasteiger partial charge on any atom is -0.388 e. The highest BCUT2D eigenvalue weighted by Gasteiger charge is 2.23. The van der Waals surface area contributed by atoms with Gasteiger partial charge < -0.3 is 15.7 Å². The van der Waals surface area contributed by atoms with E-state index >= 15 is 0 Å². The first-order valence-electron chi connectivity index (χ1n) is 8.45. The highest BCUT2D eigenvalue weighted by Crippen LogP contribution is 2.24. The van der Waals surface area contributed by atoms with Gasteiger partial charge in [-0.3, -0.25) is 4.79 Å². The first-order valence-corrected chi connectivity index (χ1v) is 11.6. The molecule has 0 spiro atoms. The van der Waals surface area contributed by atoms with Gasteiger partial charge in [-0.15, -0.1) is 0 Å². The number of nitrogens with zero attached hydrogens (tertiary/aromatic N) is 3. The zero-order valence-electron chi connectivity index (χ0n) is 16.4. The molecule has 1 aromatic heterocycles. The summed E-state index contributed by atoms with van der Waals surface area (Å²) in [6.45, 7) is 5.28. The second-order valence-electron chi connectivity index (χ2n) is 7.19. The maximum Gasteiger partial charge on any atom is 0.285 e. The fraction of sp³-hybridized carbons (Fsp3) is 0.389. The van der Waals surface area contributed by atoms with Crippen LogP contribution in [0, 0.1) is 0 Å². The molecule has 0 unspecified atom stereocenters. The van der Waals surface area contributed by atoms with Crippen molar-refractivity contribution < 1.29 is 14.1 Å². The van der Waals surface area contributed by atoms with Crippen molar-refractivity contribution in [3.05, 3.63) is 40.5 Å². The molecule has 2 aromatic rings. The quantitative estimate of drug-likeness (QED) is 0.592. The van der Waals surface area contributed by atoms with Crippen LogP contribution >= 0.6 is 15.9 Å². The molecule has 0 aliphatic heterocycles. The van der Waals surface area contributed by atoms with Gasteiger partial charge in [0.2, 0.25) is 5.95 Å². The predicted molar refractivity (Wildman–Crippen MR) is 116 cm³/mol. The highest BCUT2D eigenvalue weighted by atomic mass is 79.9. The lowest BCUT2D eigenvalue weighted by Gasteiger charge is -2.27. The lowest BCUT2D eigenvalue weighted by atomic mass is 10.0. The van der Waals surface area contributed by atoms with Gasteiger partial charge in [0.15, 0.2) is 0 Å². The average molecular weight is 470 g/mol. The fourth-order valence-electron chi connectivity index (χ4n) is 1.99. The molecule has 0 bridgehead atoms. The van der Waals surface area contributed by atoms with E-state index in [0.717, 1.165) is 0 Å². The fourth-order valence-corrected chi connectivity index (χ4v) is 2.80. The first kappa shape index (κ1) is 22.3. The van der Waals surface area contributed by atoms with Gasteiger partial charge in [0.25, 0.3) is 5.91 Å². The molecular weight excluding hydrogens is 446 g/mol. The molecule has 1 atom stereocenters. The Bertz CT molecular complexity index is 972. The third kappa shape index (κ3) is 6.54. The molecule has 8 nitrogen and oxygen atoms in total. The van der Waals surface area contributed by atoms with Gasteiger partial charge in [0.1, 0.15) is 5.82 Å². The molecule has 0 aliphatic rings. The van der Waals surface area contributed by atoms with Gasteiger partial charge in [-0.2, -0.15) is 9.35 Å². The number of carbonyl (C=O) groups excluding carboxylic acids is 1. The van der Waals surface area contributed by atoms with Crippen molar-refractivity contribution in [1.29, 1.82) is 0 Å². The van der Waals surface area contributed by atoms with Gasteiger partial charge in [0.05, 0.1) is 16.1 Å². The van der Waals surface area contributed by atoms with Crippen LogP contribution in [0.2, 0.25) is 0 Å². The van der Waals surface area contributed by atoms with Gasteiger partial charge in [-0.25, -0.2) is 9.19 Å². The van der Waals surface area contributed by atoms with E-state index < -0.39 is 21.2 Å². The van der Waals surface area contributed by atoms with Crippen LogP contribution in [0.15, 0.2) is 39.3 Å². The van der Waals surface area contributed by atoms with Crippen LogP contribution in [0.1, 0.15) is 31.1 Å². The second-order valence-corrected chi connectivity index (χ2v) is 10.6. The summed E-state index contributed by atoms with van der Waals surface area (Å²) in [4.78, 5) is 20.6. The van der Waals surface area contributed by atoms with E-state index in [1.165, 1.54) is 12.5 Å². The van der Waals surface area contributed by atoms with E-state index in [9.17, 15) is 14.1 Å². The normalized spacial score (nSPS) is 13.0. The Hall–Kier alpha value is -2.04. The number of aliphatic hydroxyl groups is 1. The largest absolute Gasteiger partial charge is 0.388 e. The van der Waals surface area contributed by atoms with Crippen molar-refractivity contribution in [1.82, 2.24) is 9.97 Å². The number of benzene rings is 1. The maximum absolute atomic E-state index is 12.0. The number of halogens is 1. The molecule has 3 N–H and O–H groups in total. The molecule has 0 fully saturated rings. The summed E-state index contributed by atoms with van der Waals surface area (Å²) in [6.07, 6.45) is 4.43. The summed E-state index contributed by atoms with van der Waals surface area (Å²) in [5.41, 5.74) is 0.0975. The lowest BCUT2D eigenvalue weighted by molar-refractivity contribution is 0.0647. The molecule has 0 saturated carbocycles. The number of nitrogens with one attached hydrogen (secondary N) is 2. The number of carbonyl (C=O) groups is 1. The highest BCUT2D eigenvalue weighted by molar-refractivity contribution is 9.10. The van der Waals surface area contributed by atoms with E-state index in [2.05, 4.69) is 40.9 Å². The standard InChI is InChI=1S/C18H24BrN5O3S/c1-11(18(2,3)26)21-15-14(19)10-20-17(23-15)22-13-8-6-12(7-9-13)16(25)24-28(4,5)27/h6-11,26H,1-5H3,(H2,20,21,22,23)/t11-/m1/s1. The van der Waals surface area contributed by atoms with E-state index in [-0.39, 0.29) is 6.04 Å². The molecule has 28 heavy (non-hydrogen) atoms. The van der Waals surface area contributed by atoms with Crippen molar-refractivity contribution >= 4 is 49.0 Å². The summed E-state index contributed by atoms with van der Waals surface area (Å²) in [5.74, 6) is 0.370. The summed E-state index contributed by atoms with van der Waals surface area (Å²) < 4.78 is 16.0. The Morgan fingerprint density at radius 1 is 1.29 bits per heavy atom. The zero-order valence-corrected chi connectivity index (χ0v) is 18.8. The Morgan fingerprint density at radius 3 is 2.43 bits per heavy atom. The van der Waals surface area contributed by atoms with E-state index in [1.54, 1.807) is 44.3 Å². The van der Waals surface area contributed by atoms with Gasteiger partial charge in [-0.1, -0.05) is 0 Å². The minimum absolute atomic E-state index is 0.243. The molecular formula is C18H24BrN5O3S. The van der Waals surface area contributed by atoms with Crippen molar-refractivity contribution in [3.63, 3.8) is 0 Å². The molecule has 10 heteroatoms. The van der Waals surface area contributed by atoms with Crippen LogP contribution in [0.25, 0.3) is 0 Å². The smallest absolute Gasteiger partial charge is 0.285 e. The van der Waals surface area contributed by atoms with Gasteiger partial charge >= 0.3 is 0 Å². The number of hydrogen-bond acceptors (Lipinski definition) is 7.